The standard InChI is InChI=1S/C17H18N4O5/c1-9(22)18-8-10-4-3-5-11-14(10)16(25)21(17(19-11)26-2)12-6-7-13(23)20-15(12)24/h3-5,12H,6-8H2,1-2H3,(H,18,22)(H,20,23,24). The maximum Gasteiger partial charge on any atom is 0.300 e. The predicted molar refractivity (Wildman–Crippen MR) is 91.5 cm³/mol. The second kappa shape index (κ2) is 6.95. The van der Waals surface area contributed by atoms with Gasteiger partial charge in [-0.2, -0.15) is 4.98 Å². The normalized spacial score (nSPS) is 17.1. The zero-order chi connectivity index (χ0) is 18.8. The van der Waals surface area contributed by atoms with Crippen molar-refractivity contribution in [1.82, 2.24) is 20.2 Å². The van der Waals surface area contributed by atoms with E-state index < -0.39 is 17.5 Å². The highest BCUT2D eigenvalue weighted by atomic mass is 16.5. The Bertz CT molecular complexity index is 966. The number of ether oxygens (including phenoxy) is 1. The van der Waals surface area contributed by atoms with Gasteiger partial charge in [-0.25, -0.2) is 4.57 Å². The number of aromatic nitrogens is 2. The molecule has 2 N–H and O–H groups in total. The minimum atomic E-state index is -0.888. The van der Waals surface area contributed by atoms with Gasteiger partial charge in [0.25, 0.3) is 11.6 Å². The van der Waals surface area contributed by atoms with Crippen LogP contribution in [0.1, 0.15) is 31.4 Å². The summed E-state index contributed by atoms with van der Waals surface area (Å²) in [6.45, 7) is 1.54. The highest BCUT2D eigenvalue weighted by Crippen LogP contribution is 2.24. The van der Waals surface area contributed by atoms with Crippen molar-refractivity contribution in [1.29, 1.82) is 0 Å². The number of carbonyl (C=O) groups excluding carboxylic acids is 3. The Kier molecular flexibility index (Phi) is 4.70. The maximum atomic E-state index is 13.2. The van der Waals surface area contributed by atoms with Gasteiger partial charge in [-0.15, -0.1) is 0 Å². The average Bonchev–Trinajstić information content (AvgIpc) is 2.60. The van der Waals surface area contributed by atoms with Gasteiger partial charge < -0.3 is 10.1 Å². The fourth-order valence-electron chi connectivity index (χ4n) is 3.01. The molecular formula is C17H18N4O5. The number of carbonyl (C=O) groups is 3. The largest absolute Gasteiger partial charge is 0.468 e. The summed E-state index contributed by atoms with van der Waals surface area (Å²) in [5.41, 5.74) is 0.527. The molecule has 0 saturated carbocycles. The third kappa shape index (κ3) is 3.15. The number of amides is 3. The molecular weight excluding hydrogens is 340 g/mol. The van der Waals surface area contributed by atoms with Crippen molar-refractivity contribution >= 4 is 28.6 Å². The molecule has 0 radical (unpaired) electrons. The molecule has 0 aliphatic carbocycles. The third-order valence-electron chi connectivity index (χ3n) is 4.22. The first-order valence-corrected chi connectivity index (χ1v) is 8.08. The topological polar surface area (TPSA) is 119 Å². The molecule has 2 aromatic rings. The summed E-state index contributed by atoms with van der Waals surface area (Å²) in [4.78, 5) is 52.3. The van der Waals surface area contributed by atoms with E-state index in [0.29, 0.717) is 16.5 Å². The molecule has 1 aliphatic rings. The third-order valence-corrected chi connectivity index (χ3v) is 4.22. The monoisotopic (exact) mass is 358 g/mol. The van der Waals surface area contributed by atoms with E-state index in [4.69, 9.17) is 4.74 Å². The number of imide groups is 1. The first-order valence-electron chi connectivity index (χ1n) is 8.08. The van der Waals surface area contributed by atoms with Gasteiger partial charge >= 0.3 is 0 Å². The van der Waals surface area contributed by atoms with Crippen LogP contribution in [0.15, 0.2) is 23.0 Å². The van der Waals surface area contributed by atoms with Gasteiger partial charge in [0.2, 0.25) is 17.7 Å². The SMILES string of the molecule is COc1nc2cccc(CNC(C)=O)c2c(=O)n1C1CCC(=O)NC1=O. The van der Waals surface area contributed by atoms with Crippen molar-refractivity contribution in [2.45, 2.75) is 32.4 Å². The number of benzene rings is 1. The molecule has 1 atom stereocenters. The minimum Gasteiger partial charge on any atom is -0.468 e. The first kappa shape index (κ1) is 17.6. The van der Waals surface area contributed by atoms with E-state index in [1.54, 1.807) is 18.2 Å². The summed E-state index contributed by atoms with van der Waals surface area (Å²) >= 11 is 0. The molecule has 3 amide bonds. The Morgan fingerprint density at radius 1 is 1.38 bits per heavy atom. The molecule has 9 heteroatoms. The van der Waals surface area contributed by atoms with Crippen LogP contribution >= 0.6 is 0 Å². The Hall–Kier alpha value is -3.23. The van der Waals surface area contributed by atoms with E-state index in [0.717, 1.165) is 0 Å². The molecule has 26 heavy (non-hydrogen) atoms. The van der Waals surface area contributed by atoms with Gasteiger partial charge in [0.05, 0.1) is 18.0 Å². The summed E-state index contributed by atoms with van der Waals surface area (Å²) < 4.78 is 6.39. The molecule has 9 nitrogen and oxygen atoms in total. The summed E-state index contributed by atoms with van der Waals surface area (Å²) in [5, 5.41) is 5.18. The second-order valence-electron chi connectivity index (χ2n) is 5.96. The Labute approximate surface area is 148 Å². The van der Waals surface area contributed by atoms with Crippen LogP contribution in [0.25, 0.3) is 10.9 Å². The lowest BCUT2D eigenvalue weighted by Gasteiger charge is -2.24. The molecule has 1 aromatic heterocycles. The molecule has 1 aromatic carbocycles. The van der Waals surface area contributed by atoms with Gasteiger partial charge in [0.1, 0.15) is 6.04 Å². The van der Waals surface area contributed by atoms with E-state index in [9.17, 15) is 19.2 Å². The van der Waals surface area contributed by atoms with Crippen molar-refractivity contribution < 1.29 is 19.1 Å². The number of nitrogens with zero attached hydrogens (tertiary/aromatic N) is 2. The van der Waals surface area contributed by atoms with Crippen LogP contribution in [-0.2, 0) is 20.9 Å². The van der Waals surface area contributed by atoms with Crippen molar-refractivity contribution in [2.75, 3.05) is 7.11 Å². The van der Waals surface area contributed by atoms with Gasteiger partial charge in [-0.05, 0) is 18.1 Å². The van der Waals surface area contributed by atoms with Crippen LogP contribution in [0.5, 0.6) is 6.01 Å². The number of rotatable bonds is 4. The predicted octanol–water partition coefficient (Wildman–Crippen LogP) is 0.0189. The number of methoxy groups -OCH3 is 1. The lowest BCUT2D eigenvalue weighted by Crippen LogP contribution is -2.45. The lowest BCUT2D eigenvalue weighted by molar-refractivity contribution is -0.136. The summed E-state index contributed by atoms with van der Waals surface area (Å²) in [7, 11) is 1.36. The number of piperidine rings is 1. The molecule has 0 bridgehead atoms. The summed E-state index contributed by atoms with van der Waals surface area (Å²) in [5.74, 6) is -1.17. The second-order valence-corrected chi connectivity index (χ2v) is 5.96. The Morgan fingerprint density at radius 3 is 2.81 bits per heavy atom. The number of hydrogen-bond acceptors (Lipinski definition) is 6. The Balaban J connectivity index is 2.19. The molecule has 1 unspecified atom stereocenters. The molecule has 0 spiro atoms. The summed E-state index contributed by atoms with van der Waals surface area (Å²) in [6.07, 6.45) is 0.305. The molecule has 1 fully saturated rings. The quantitative estimate of drug-likeness (QED) is 0.744. The molecule has 1 aliphatic heterocycles. The number of hydrogen-bond donors (Lipinski definition) is 2. The smallest absolute Gasteiger partial charge is 0.300 e. The highest BCUT2D eigenvalue weighted by molar-refractivity contribution is 5.99. The van der Waals surface area contributed by atoms with E-state index >= 15 is 0 Å². The van der Waals surface area contributed by atoms with Crippen LogP contribution in [0, 0.1) is 0 Å². The van der Waals surface area contributed by atoms with Crippen molar-refractivity contribution in [3.8, 4) is 6.01 Å². The molecule has 136 valence electrons. The minimum absolute atomic E-state index is 0.00586. The molecule has 3 rings (SSSR count). The van der Waals surface area contributed by atoms with Crippen molar-refractivity contribution in [2.24, 2.45) is 0 Å². The highest BCUT2D eigenvalue weighted by Gasteiger charge is 2.32. The van der Waals surface area contributed by atoms with E-state index in [-0.39, 0.29) is 37.2 Å². The zero-order valence-corrected chi connectivity index (χ0v) is 14.4. The fourth-order valence-corrected chi connectivity index (χ4v) is 3.01. The van der Waals surface area contributed by atoms with Gasteiger partial charge in [-0.3, -0.25) is 24.5 Å². The summed E-state index contributed by atoms with van der Waals surface area (Å²) in [6, 6.07) is 4.20. The zero-order valence-electron chi connectivity index (χ0n) is 14.4. The van der Waals surface area contributed by atoms with Gasteiger partial charge in [0.15, 0.2) is 0 Å². The Morgan fingerprint density at radius 2 is 2.15 bits per heavy atom. The average molecular weight is 358 g/mol. The fraction of sp³-hybridized carbons (Fsp3) is 0.353. The maximum absolute atomic E-state index is 13.2. The van der Waals surface area contributed by atoms with Crippen LogP contribution in [-0.4, -0.2) is 34.4 Å². The lowest BCUT2D eigenvalue weighted by atomic mass is 10.0. The molecule has 2 heterocycles. The van der Waals surface area contributed by atoms with E-state index in [2.05, 4.69) is 15.6 Å². The van der Waals surface area contributed by atoms with Crippen LogP contribution in [0.3, 0.4) is 0 Å². The van der Waals surface area contributed by atoms with Crippen molar-refractivity contribution in [3.63, 3.8) is 0 Å². The van der Waals surface area contributed by atoms with Gasteiger partial charge in [0, 0.05) is 19.9 Å². The van der Waals surface area contributed by atoms with Crippen LogP contribution in [0.4, 0.5) is 0 Å². The van der Waals surface area contributed by atoms with Crippen molar-refractivity contribution in [3.05, 3.63) is 34.1 Å². The number of fused-ring (bicyclic) bond motifs is 1. The van der Waals surface area contributed by atoms with Crippen LogP contribution < -0.4 is 20.9 Å². The van der Waals surface area contributed by atoms with E-state index in [1.165, 1.54) is 18.6 Å². The number of nitrogens with one attached hydrogen (secondary N) is 2. The van der Waals surface area contributed by atoms with Gasteiger partial charge in [-0.1, -0.05) is 12.1 Å². The van der Waals surface area contributed by atoms with Crippen LogP contribution in [0.2, 0.25) is 0 Å². The first-order chi connectivity index (χ1) is 12.4. The molecule has 1 saturated heterocycles. The van der Waals surface area contributed by atoms with E-state index in [1.807, 2.05) is 0 Å².